The zero-order chi connectivity index (χ0) is 15.5. The van der Waals surface area contributed by atoms with Gasteiger partial charge in [0.25, 0.3) is 5.56 Å². The summed E-state index contributed by atoms with van der Waals surface area (Å²) in [5.41, 5.74) is -0.968. The van der Waals surface area contributed by atoms with Gasteiger partial charge >= 0.3 is 6.09 Å². The van der Waals surface area contributed by atoms with Crippen molar-refractivity contribution in [2.75, 3.05) is 5.32 Å². The van der Waals surface area contributed by atoms with Crippen LogP contribution in [0.2, 0.25) is 0 Å². The van der Waals surface area contributed by atoms with Crippen molar-refractivity contribution in [2.45, 2.75) is 52.7 Å². The third-order valence-electron chi connectivity index (χ3n) is 2.64. The molecule has 0 aliphatic heterocycles. The fourth-order valence-electron chi connectivity index (χ4n) is 1.63. The summed E-state index contributed by atoms with van der Waals surface area (Å²) < 4.78 is 7.15. The number of amides is 1. The van der Waals surface area contributed by atoms with Gasteiger partial charge in [0.1, 0.15) is 11.4 Å². The van der Waals surface area contributed by atoms with Gasteiger partial charge in [0, 0.05) is 12.1 Å². The molecule has 2 N–H and O–H groups in total. The summed E-state index contributed by atoms with van der Waals surface area (Å²) in [7, 11) is 0. The second-order valence-corrected chi connectivity index (χ2v) is 5.96. The Bertz CT molecular complexity index is 598. The molecular weight excluding hydrogens is 278 g/mol. The third-order valence-corrected chi connectivity index (χ3v) is 2.94. The smallest absolute Gasteiger partial charge is 0.413 e. The van der Waals surface area contributed by atoms with Crippen molar-refractivity contribution in [1.82, 2.24) is 9.55 Å². The summed E-state index contributed by atoms with van der Waals surface area (Å²) in [6.45, 7) is 9.26. The predicted octanol–water partition coefficient (Wildman–Crippen LogP) is 3.22. The highest BCUT2D eigenvalue weighted by Crippen LogP contribution is 2.17. The third kappa shape index (κ3) is 4.48. The lowest BCUT2D eigenvalue weighted by atomic mass is 10.2. The Morgan fingerprint density at radius 2 is 2.15 bits per heavy atom. The van der Waals surface area contributed by atoms with Gasteiger partial charge in [0.05, 0.1) is 0 Å². The lowest BCUT2D eigenvalue weighted by Gasteiger charge is -2.22. The number of hydrogen-bond acceptors (Lipinski definition) is 4. The monoisotopic (exact) mass is 299 g/mol. The summed E-state index contributed by atoms with van der Waals surface area (Å²) in [6, 6.07) is 1.34. The molecule has 0 radical (unpaired) electrons. The number of ether oxygens (including phenoxy) is 1. The van der Waals surface area contributed by atoms with Crippen molar-refractivity contribution in [2.24, 2.45) is 0 Å². The van der Waals surface area contributed by atoms with Gasteiger partial charge in [-0.1, -0.05) is 6.92 Å². The lowest BCUT2D eigenvalue weighted by molar-refractivity contribution is 0.0634. The first-order chi connectivity index (χ1) is 9.14. The minimum absolute atomic E-state index is 0.0456. The molecule has 0 aliphatic carbocycles. The van der Waals surface area contributed by atoms with Crippen LogP contribution in [0.5, 0.6) is 0 Å². The van der Waals surface area contributed by atoms with Crippen LogP contribution < -0.4 is 10.9 Å². The number of hydrogen-bond donors (Lipinski definition) is 2. The van der Waals surface area contributed by atoms with Gasteiger partial charge in [-0.3, -0.25) is 15.1 Å². The molecule has 1 unspecified atom stereocenters. The molecule has 112 valence electrons. The Hall–Kier alpha value is -1.63. The van der Waals surface area contributed by atoms with Gasteiger partial charge in [-0.2, -0.15) is 0 Å². The van der Waals surface area contributed by atoms with E-state index in [1.165, 1.54) is 6.07 Å². The van der Waals surface area contributed by atoms with E-state index >= 15 is 0 Å². The lowest BCUT2D eigenvalue weighted by Crippen LogP contribution is -2.29. The summed E-state index contributed by atoms with van der Waals surface area (Å²) in [4.78, 5) is 25.9. The van der Waals surface area contributed by atoms with E-state index < -0.39 is 11.7 Å². The SMILES string of the molecule is CCC(C)n1c(NC(=O)OC(C)(C)C)cc(=O)[nH]c1=S. The molecule has 0 spiro atoms. The Balaban J connectivity index is 3.14. The van der Waals surface area contributed by atoms with Crippen LogP contribution in [0.25, 0.3) is 0 Å². The van der Waals surface area contributed by atoms with E-state index in [1.54, 1.807) is 25.3 Å². The van der Waals surface area contributed by atoms with E-state index in [0.29, 0.717) is 5.82 Å². The molecular formula is C13H21N3O3S. The molecule has 0 aromatic carbocycles. The minimum Gasteiger partial charge on any atom is -0.444 e. The predicted molar refractivity (Wildman–Crippen MR) is 80.7 cm³/mol. The molecule has 20 heavy (non-hydrogen) atoms. The first-order valence-electron chi connectivity index (χ1n) is 6.50. The van der Waals surface area contributed by atoms with Crippen molar-refractivity contribution < 1.29 is 9.53 Å². The molecule has 0 saturated heterocycles. The number of aromatic nitrogens is 2. The van der Waals surface area contributed by atoms with E-state index in [9.17, 15) is 9.59 Å². The summed E-state index contributed by atoms with van der Waals surface area (Å²) in [5.74, 6) is 0.336. The van der Waals surface area contributed by atoms with E-state index in [2.05, 4.69) is 10.3 Å². The van der Waals surface area contributed by atoms with Gasteiger partial charge in [-0.15, -0.1) is 0 Å². The van der Waals surface area contributed by atoms with Gasteiger partial charge < -0.3 is 9.30 Å². The van der Waals surface area contributed by atoms with Crippen LogP contribution in [0.15, 0.2) is 10.9 Å². The number of H-pyrrole nitrogens is 1. The van der Waals surface area contributed by atoms with Crippen LogP contribution in [0.4, 0.5) is 10.6 Å². The fourth-order valence-corrected chi connectivity index (χ4v) is 2.01. The van der Waals surface area contributed by atoms with Crippen molar-refractivity contribution in [3.8, 4) is 0 Å². The standard InChI is InChI=1S/C13H21N3O3S/c1-6-8(2)16-9(7-10(17)15-11(16)20)14-12(18)19-13(3,4)5/h7-8H,6H2,1-5H3,(H,14,18)(H,15,17,20). The summed E-state index contributed by atoms with van der Waals surface area (Å²) >= 11 is 5.15. The van der Waals surface area contributed by atoms with Crippen LogP contribution in [-0.4, -0.2) is 21.2 Å². The fraction of sp³-hybridized carbons (Fsp3) is 0.615. The van der Waals surface area contributed by atoms with E-state index in [1.807, 2.05) is 13.8 Å². The number of nitrogens with one attached hydrogen (secondary N) is 2. The number of aromatic amines is 1. The molecule has 1 amide bonds. The largest absolute Gasteiger partial charge is 0.444 e. The maximum Gasteiger partial charge on any atom is 0.413 e. The van der Waals surface area contributed by atoms with Gasteiger partial charge in [0.15, 0.2) is 4.77 Å². The molecule has 0 saturated carbocycles. The average molecular weight is 299 g/mol. The minimum atomic E-state index is -0.616. The molecule has 0 bridgehead atoms. The molecule has 1 atom stereocenters. The number of nitrogens with zero attached hydrogens (tertiary/aromatic N) is 1. The summed E-state index contributed by atoms with van der Waals surface area (Å²) in [5, 5.41) is 2.58. The van der Waals surface area contributed by atoms with E-state index in [0.717, 1.165) is 6.42 Å². The van der Waals surface area contributed by atoms with Crippen LogP contribution >= 0.6 is 12.2 Å². The average Bonchev–Trinajstić information content (AvgIpc) is 2.24. The topological polar surface area (TPSA) is 76.1 Å². The number of anilines is 1. The van der Waals surface area contributed by atoms with E-state index in [-0.39, 0.29) is 16.4 Å². The van der Waals surface area contributed by atoms with Crippen molar-refractivity contribution in [3.63, 3.8) is 0 Å². The molecule has 1 aromatic rings. The van der Waals surface area contributed by atoms with Gasteiger partial charge in [-0.25, -0.2) is 4.79 Å². The quantitative estimate of drug-likeness (QED) is 0.840. The highest BCUT2D eigenvalue weighted by Gasteiger charge is 2.18. The maximum absolute atomic E-state index is 11.8. The van der Waals surface area contributed by atoms with Crippen molar-refractivity contribution >= 4 is 24.1 Å². The van der Waals surface area contributed by atoms with E-state index in [4.69, 9.17) is 17.0 Å². The molecule has 7 heteroatoms. The first kappa shape index (κ1) is 16.4. The highest BCUT2D eigenvalue weighted by atomic mass is 32.1. The zero-order valence-electron chi connectivity index (χ0n) is 12.4. The second kappa shape index (κ2) is 6.21. The summed E-state index contributed by atoms with van der Waals surface area (Å²) in [6.07, 6.45) is 0.193. The zero-order valence-corrected chi connectivity index (χ0v) is 13.3. The highest BCUT2D eigenvalue weighted by molar-refractivity contribution is 7.71. The maximum atomic E-state index is 11.8. The van der Waals surface area contributed by atoms with Crippen molar-refractivity contribution in [1.29, 1.82) is 0 Å². The normalized spacial score (nSPS) is 12.8. The molecule has 0 fully saturated rings. The van der Waals surface area contributed by atoms with Crippen LogP contribution in [0.3, 0.4) is 0 Å². The number of rotatable bonds is 3. The number of carbonyl (C=O) groups excluding carboxylic acids is 1. The Kier molecular flexibility index (Phi) is 5.10. The first-order valence-corrected chi connectivity index (χ1v) is 6.90. The molecule has 6 nitrogen and oxygen atoms in total. The Labute approximate surface area is 123 Å². The Morgan fingerprint density at radius 1 is 1.55 bits per heavy atom. The van der Waals surface area contributed by atoms with Crippen LogP contribution in [0.1, 0.15) is 47.1 Å². The molecule has 1 heterocycles. The number of carbonyl (C=O) groups is 1. The molecule has 1 aromatic heterocycles. The van der Waals surface area contributed by atoms with Crippen LogP contribution in [-0.2, 0) is 4.74 Å². The second-order valence-electron chi connectivity index (χ2n) is 5.58. The Morgan fingerprint density at radius 3 is 2.65 bits per heavy atom. The molecule has 1 rings (SSSR count). The van der Waals surface area contributed by atoms with Gasteiger partial charge in [0.2, 0.25) is 0 Å². The molecule has 0 aliphatic rings. The van der Waals surface area contributed by atoms with Gasteiger partial charge in [-0.05, 0) is 46.3 Å². The van der Waals surface area contributed by atoms with Crippen LogP contribution in [0, 0.1) is 4.77 Å². The van der Waals surface area contributed by atoms with Crippen molar-refractivity contribution in [3.05, 3.63) is 21.2 Å².